The van der Waals surface area contributed by atoms with Gasteiger partial charge in [-0.25, -0.2) is 4.79 Å². The molecule has 0 radical (unpaired) electrons. The number of methoxy groups -OCH3 is 1. The molecule has 0 saturated heterocycles. The van der Waals surface area contributed by atoms with Crippen molar-refractivity contribution < 1.29 is 19.7 Å². The lowest BCUT2D eigenvalue weighted by Crippen LogP contribution is -2.23. The summed E-state index contributed by atoms with van der Waals surface area (Å²) in [5.74, 6) is -0.548. The number of benzene rings is 1. The Kier molecular flexibility index (Phi) is 5.52. The van der Waals surface area contributed by atoms with Crippen LogP contribution in [0.25, 0.3) is 10.9 Å². The normalized spacial score (nSPS) is 12.6. The lowest BCUT2D eigenvalue weighted by molar-refractivity contribution is -0.142. The van der Waals surface area contributed by atoms with E-state index in [1.165, 1.54) is 19.5 Å². The topological polar surface area (TPSA) is 108 Å². The van der Waals surface area contributed by atoms with Gasteiger partial charge in [0.25, 0.3) is 0 Å². The highest BCUT2D eigenvalue weighted by atomic mass is 16.5. The van der Waals surface area contributed by atoms with Gasteiger partial charge in [-0.3, -0.25) is 9.98 Å². The first kappa shape index (κ1) is 18.6. The molecular weight excluding hydrogens is 346 g/mol. The number of hydrogen-bond acceptors (Lipinski definition) is 6. The number of ether oxygens (including phenoxy) is 1. The molecule has 7 heteroatoms. The summed E-state index contributed by atoms with van der Waals surface area (Å²) in [6, 6.07) is 7.01. The average molecular weight is 367 g/mol. The van der Waals surface area contributed by atoms with E-state index in [4.69, 9.17) is 4.74 Å². The molecule has 3 aromatic rings. The van der Waals surface area contributed by atoms with Crippen molar-refractivity contribution in [2.45, 2.75) is 26.0 Å². The van der Waals surface area contributed by atoms with E-state index in [-0.39, 0.29) is 12.4 Å². The fourth-order valence-electron chi connectivity index (χ4n) is 2.93. The highest BCUT2D eigenvalue weighted by Gasteiger charge is 2.20. The maximum Gasteiger partial charge on any atom is 0.330 e. The van der Waals surface area contributed by atoms with E-state index in [0.29, 0.717) is 23.2 Å². The van der Waals surface area contributed by atoms with E-state index in [1.807, 2.05) is 30.5 Å². The molecule has 140 valence electrons. The molecule has 3 N–H and O–H groups in total. The fourth-order valence-corrected chi connectivity index (χ4v) is 2.93. The van der Waals surface area contributed by atoms with Crippen molar-refractivity contribution in [1.82, 2.24) is 9.97 Å². The second-order valence-corrected chi connectivity index (χ2v) is 6.17. The standard InChI is InChI=1S/C20H21N3O4/c1-12-19(25)16(14(11-24)9-21-12)10-23-18(20(26)27-2)7-13-8-22-17-6-4-3-5-15(13)17/h3-6,8-10,18,22,24-25H,7,11H2,1-2H3/t18-/m1/s1. The molecule has 0 amide bonds. The van der Waals surface area contributed by atoms with Gasteiger partial charge in [-0.15, -0.1) is 0 Å². The Hall–Kier alpha value is -3.19. The number of rotatable bonds is 6. The number of carbonyl (C=O) groups is 1. The van der Waals surface area contributed by atoms with Gasteiger partial charge >= 0.3 is 5.97 Å². The summed E-state index contributed by atoms with van der Waals surface area (Å²) in [6.45, 7) is 1.35. The number of carbonyl (C=O) groups excluding carboxylic acids is 1. The van der Waals surface area contributed by atoms with Crippen LogP contribution >= 0.6 is 0 Å². The molecule has 0 saturated carbocycles. The third kappa shape index (κ3) is 3.83. The highest BCUT2D eigenvalue weighted by Crippen LogP contribution is 2.23. The minimum absolute atomic E-state index is 0.0685. The first-order valence-corrected chi connectivity index (χ1v) is 8.49. The molecule has 7 nitrogen and oxygen atoms in total. The molecule has 0 unspecified atom stereocenters. The Morgan fingerprint density at radius 1 is 1.37 bits per heavy atom. The van der Waals surface area contributed by atoms with Gasteiger partial charge < -0.3 is 19.9 Å². The van der Waals surface area contributed by atoms with E-state index in [0.717, 1.165) is 16.5 Å². The smallest absolute Gasteiger partial charge is 0.330 e. The molecule has 3 rings (SSSR count). The predicted molar refractivity (Wildman–Crippen MR) is 102 cm³/mol. The van der Waals surface area contributed by atoms with Gasteiger partial charge in [0.15, 0.2) is 6.04 Å². The van der Waals surface area contributed by atoms with E-state index in [9.17, 15) is 15.0 Å². The lowest BCUT2D eigenvalue weighted by Gasteiger charge is -2.11. The predicted octanol–water partition coefficient (Wildman–Crippen LogP) is 2.27. The minimum atomic E-state index is -0.784. The lowest BCUT2D eigenvalue weighted by atomic mass is 10.0. The molecule has 0 fully saturated rings. The second-order valence-electron chi connectivity index (χ2n) is 6.17. The van der Waals surface area contributed by atoms with Gasteiger partial charge in [-0.05, 0) is 18.6 Å². The van der Waals surface area contributed by atoms with E-state index in [2.05, 4.69) is 15.0 Å². The number of nitrogens with one attached hydrogen (secondary N) is 1. The van der Waals surface area contributed by atoms with Crippen LogP contribution in [0.15, 0.2) is 41.7 Å². The second kappa shape index (κ2) is 8.01. The van der Waals surface area contributed by atoms with Gasteiger partial charge in [0.1, 0.15) is 5.75 Å². The van der Waals surface area contributed by atoms with Crippen molar-refractivity contribution in [2.75, 3.05) is 7.11 Å². The van der Waals surface area contributed by atoms with E-state index >= 15 is 0 Å². The molecule has 2 aromatic heterocycles. The molecule has 2 heterocycles. The highest BCUT2D eigenvalue weighted by molar-refractivity contribution is 5.89. The maximum absolute atomic E-state index is 12.2. The zero-order chi connectivity index (χ0) is 19.4. The number of aliphatic imine (C=N–C) groups is 1. The Bertz CT molecular complexity index is 994. The molecular formula is C20H21N3O4. The molecule has 1 aromatic carbocycles. The van der Waals surface area contributed by atoms with Crippen LogP contribution in [0, 0.1) is 6.92 Å². The van der Waals surface area contributed by atoms with Crippen LogP contribution in [0.5, 0.6) is 5.75 Å². The van der Waals surface area contributed by atoms with Crippen LogP contribution in [0.1, 0.15) is 22.4 Å². The molecule has 0 aliphatic carbocycles. The van der Waals surface area contributed by atoms with Gasteiger partial charge in [-0.1, -0.05) is 18.2 Å². The minimum Gasteiger partial charge on any atom is -0.505 e. The number of aryl methyl sites for hydroxylation is 1. The van der Waals surface area contributed by atoms with E-state index in [1.54, 1.807) is 6.92 Å². The van der Waals surface area contributed by atoms with Gasteiger partial charge in [0.2, 0.25) is 0 Å². The fraction of sp³-hybridized carbons (Fsp3) is 0.250. The first-order valence-electron chi connectivity index (χ1n) is 8.49. The molecule has 0 aliphatic heterocycles. The summed E-state index contributed by atoms with van der Waals surface area (Å²) in [7, 11) is 1.31. The van der Waals surface area contributed by atoms with Crippen LogP contribution in [-0.2, 0) is 22.6 Å². The Morgan fingerprint density at radius 2 is 2.15 bits per heavy atom. The zero-order valence-electron chi connectivity index (χ0n) is 15.1. The number of pyridine rings is 1. The Labute approximate surface area is 156 Å². The summed E-state index contributed by atoms with van der Waals surface area (Å²) in [4.78, 5) is 23.8. The largest absolute Gasteiger partial charge is 0.505 e. The summed E-state index contributed by atoms with van der Waals surface area (Å²) < 4.78 is 4.89. The molecule has 0 aliphatic rings. The van der Waals surface area contributed by atoms with Crippen LogP contribution < -0.4 is 0 Å². The number of aromatic hydroxyl groups is 1. The van der Waals surface area contributed by atoms with Crippen molar-refractivity contribution in [3.8, 4) is 5.75 Å². The van der Waals surface area contributed by atoms with Crippen LogP contribution in [0.2, 0.25) is 0 Å². The number of hydrogen-bond donors (Lipinski definition) is 3. The number of aromatic amines is 1. The number of para-hydroxylation sites is 1. The number of aliphatic hydroxyl groups is 1. The average Bonchev–Trinajstić information content (AvgIpc) is 3.10. The van der Waals surface area contributed by atoms with Crippen LogP contribution in [0.4, 0.5) is 0 Å². The van der Waals surface area contributed by atoms with Crippen molar-refractivity contribution in [3.05, 3.63) is 59.0 Å². The third-order valence-electron chi connectivity index (χ3n) is 4.47. The SMILES string of the molecule is COC(=O)[C@@H](Cc1c[nH]c2ccccc12)N=Cc1c(CO)cnc(C)c1O. The van der Waals surface area contributed by atoms with E-state index < -0.39 is 12.0 Å². The van der Waals surface area contributed by atoms with Crippen LogP contribution in [0.3, 0.4) is 0 Å². The maximum atomic E-state index is 12.2. The number of H-pyrrole nitrogens is 1. The quantitative estimate of drug-likeness (QED) is 0.458. The van der Waals surface area contributed by atoms with Crippen LogP contribution in [-0.4, -0.2) is 45.5 Å². The van der Waals surface area contributed by atoms with Gasteiger partial charge in [0, 0.05) is 47.1 Å². The number of nitrogens with zero attached hydrogens (tertiary/aromatic N) is 2. The summed E-state index contributed by atoms with van der Waals surface area (Å²) in [5.41, 5.74) is 3.11. The summed E-state index contributed by atoms with van der Waals surface area (Å²) >= 11 is 0. The van der Waals surface area contributed by atoms with Crippen molar-refractivity contribution in [2.24, 2.45) is 4.99 Å². The van der Waals surface area contributed by atoms with Gasteiger partial charge in [0.05, 0.1) is 19.4 Å². The summed E-state index contributed by atoms with van der Waals surface area (Å²) in [6.07, 6.45) is 5.06. The number of aromatic nitrogens is 2. The molecule has 27 heavy (non-hydrogen) atoms. The van der Waals surface area contributed by atoms with Crippen molar-refractivity contribution in [3.63, 3.8) is 0 Å². The Balaban J connectivity index is 1.94. The molecule has 0 spiro atoms. The Morgan fingerprint density at radius 3 is 2.89 bits per heavy atom. The molecule has 1 atom stereocenters. The number of esters is 1. The van der Waals surface area contributed by atoms with Crippen molar-refractivity contribution in [1.29, 1.82) is 0 Å². The zero-order valence-corrected chi connectivity index (χ0v) is 15.1. The molecule has 0 bridgehead atoms. The number of fused-ring (bicyclic) bond motifs is 1. The number of aliphatic hydroxyl groups excluding tert-OH is 1. The van der Waals surface area contributed by atoms with Gasteiger partial charge in [-0.2, -0.15) is 0 Å². The summed E-state index contributed by atoms with van der Waals surface area (Å²) in [5, 5.41) is 20.7. The third-order valence-corrected chi connectivity index (χ3v) is 4.47. The monoisotopic (exact) mass is 367 g/mol. The van der Waals surface area contributed by atoms with Crippen molar-refractivity contribution >= 4 is 23.1 Å². The first-order chi connectivity index (χ1) is 13.0.